The third-order valence-electron chi connectivity index (χ3n) is 4.90. The lowest BCUT2D eigenvalue weighted by atomic mass is 10.1. The number of esters is 1. The van der Waals surface area contributed by atoms with Gasteiger partial charge in [0, 0.05) is 4.47 Å². The fraction of sp³-hybridized carbons (Fsp3) is 0.0357. The Morgan fingerprint density at radius 2 is 1.40 bits per heavy atom. The van der Waals surface area contributed by atoms with E-state index in [0.717, 1.165) is 21.2 Å². The summed E-state index contributed by atoms with van der Waals surface area (Å²) in [4.78, 5) is 24.2. The van der Waals surface area contributed by atoms with E-state index < -0.39 is 5.97 Å². The number of benzene rings is 4. The van der Waals surface area contributed by atoms with E-state index in [2.05, 4.69) is 26.5 Å². The lowest BCUT2D eigenvalue weighted by molar-refractivity contribution is -0.123. The topological polar surface area (TPSA) is 77.0 Å². The van der Waals surface area contributed by atoms with Crippen molar-refractivity contribution in [1.29, 1.82) is 0 Å². The van der Waals surface area contributed by atoms with E-state index in [1.165, 1.54) is 6.21 Å². The van der Waals surface area contributed by atoms with Crippen LogP contribution in [0.15, 0.2) is 113 Å². The maximum Gasteiger partial charge on any atom is 0.343 e. The quantitative estimate of drug-likeness (QED) is 0.134. The number of carbonyl (C=O) groups excluding carboxylic acids is 2. The molecule has 0 fully saturated rings. The van der Waals surface area contributed by atoms with Crippen molar-refractivity contribution in [3.05, 3.63) is 119 Å². The van der Waals surface area contributed by atoms with Crippen molar-refractivity contribution in [3.63, 3.8) is 0 Å². The molecule has 4 aromatic rings. The van der Waals surface area contributed by atoms with Crippen LogP contribution in [0.5, 0.6) is 11.5 Å². The molecule has 1 amide bonds. The number of carbonyl (C=O) groups is 2. The van der Waals surface area contributed by atoms with Crippen LogP contribution in [0.2, 0.25) is 0 Å². The Labute approximate surface area is 211 Å². The molecule has 0 bridgehead atoms. The van der Waals surface area contributed by atoms with E-state index >= 15 is 0 Å². The number of ether oxygens (including phenoxy) is 2. The number of hydrogen-bond donors (Lipinski definition) is 1. The molecule has 1 N–H and O–H groups in total. The van der Waals surface area contributed by atoms with E-state index in [1.807, 2.05) is 54.6 Å². The molecule has 0 saturated carbocycles. The van der Waals surface area contributed by atoms with Gasteiger partial charge in [0.2, 0.25) is 0 Å². The molecule has 0 atom stereocenters. The standard InChI is InChI=1S/C28H21BrN2O4/c29-24-12-8-23(9-13-24)28(33)35-26-14-6-20(7-15-26)18-30-31-27(32)19-34-25-16-10-22(11-17-25)21-4-2-1-3-5-21/h1-18H,19H2,(H,31,32)/b30-18+. The summed E-state index contributed by atoms with van der Waals surface area (Å²) in [6, 6.07) is 31.2. The molecule has 0 aliphatic rings. The highest BCUT2D eigenvalue weighted by molar-refractivity contribution is 9.10. The fourth-order valence-corrected chi connectivity index (χ4v) is 3.37. The maximum absolute atomic E-state index is 12.2. The highest BCUT2D eigenvalue weighted by Gasteiger charge is 2.08. The summed E-state index contributed by atoms with van der Waals surface area (Å²) in [5.41, 5.74) is 5.79. The summed E-state index contributed by atoms with van der Waals surface area (Å²) in [5.74, 6) is 0.178. The van der Waals surface area contributed by atoms with Crippen molar-refractivity contribution in [1.82, 2.24) is 5.43 Å². The lowest BCUT2D eigenvalue weighted by Gasteiger charge is -2.07. The van der Waals surface area contributed by atoms with Crippen LogP contribution in [0.3, 0.4) is 0 Å². The van der Waals surface area contributed by atoms with Gasteiger partial charge in [-0.15, -0.1) is 0 Å². The van der Waals surface area contributed by atoms with E-state index in [-0.39, 0.29) is 12.5 Å². The van der Waals surface area contributed by atoms with Gasteiger partial charge in [0.15, 0.2) is 6.61 Å². The van der Waals surface area contributed by atoms with Gasteiger partial charge in [0.25, 0.3) is 5.91 Å². The van der Waals surface area contributed by atoms with Crippen LogP contribution in [0.1, 0.15) is 15.9 Å². The van der Waals surface area contributed by atoms with Crippen molar-refractivity contribution < 1.29 is 19.1 Å². The Bertz CT molecular complexity index is 1300. The molecule has 174 valence electrons. The SMILES string of the molecule is O=C(COc1ccc(-c2ccccc2)cc1)N/N=C/c1ccc(OC(=O)c2ccc(Br)cc2)cc1. The van der Waals surface area contributed by atoms with Crippen LogP contribution in [0, 0.1) is 0 Å². The highest BCUT2D eigenvalue weighted by Crippen LogP contribution is 2.22. The number of nitrogens with zero attached hydrogens (tertiary/aromatic N) is 1. The minimum atomic E-state index is -0.444. The molecule has 7 heteroatoms. The summed E-state index contributed by atoms with van der Waals surface area (Å²) in [7, 11) is 0. The van der Waals surface area contributed by atoms with Crippen LogP contribution < -0.4 is 14.9 Å². The van der Waals surface area contributed by atoms with Crippen LogP contribution in [0.4, 0.5) is 0 Å². The average molecular weight is 529 g/mol. The first-order chi connectivity index (χ1) is 17.1. The molecular weight excluding hydrogens is 508 g/mol. The maximum atomic E-state index is 12.2. The second kappa shape index (κ2) is 11.8. The van der Waals surface area contributed by atoms with Gasteiger partial charge >= 0.3 is 5.97 Å². The molecule has 6 nitrogen and oxygen atoms in total. The average Bonchev–Trinajstić information content (AvgIpc) is 2.90. The summed E-state index contributed by atoms with van der Waals surface area (Å²) >= 11 is 3.33. The summed E-state index contributed by atoms with van der Waals surface area (Å²) in [5, 5.41) is 3.94. The van der Waals surface area contributed by atoms with Crippen molar-refractivity contribution in [2.75, 3.05) is 6.61 Å². The van der Waals surface area contributed by atoms with Gasteiger partial charge in [-0.2, -0.15) is 5.10 Å². The first kappa shape index (κ1) is 23.9. The van der Waals surface area contributed by atoms with Crippen molar-refractivity contribution in [2.24, 2.45) is 5.10 Å². The van der Waals surface area contributed by atoms with Crippen LogP contribution in [0.25, 0.3) is 11.1 Å². The number of nitrogens with one attached hydrogen (secondary N) is 1. The fourth-order valence-electron chi connectivity index (χ4n) is 3.11. The van der Waals surface area contributed by atoms with Gasteiger partial charge in [-0.1, -0.05) is 58.4 Å². The largest absolute Gasteiger partial charge is 0.484 e. The molecule has 0 radical (unpaired) electrons. The molecule has 0 aliphatic heterocycles. The molecule has 0 aromatic heterocycles. The Morgan fingerprint density at radius 3 is 2.09 bits per heavy atom. The smallest absolute Gasteiger partial charge is 0.343 e. The second-order valence-electron chi connectivity index (χ2n) is 7.44. The third-order valence-corrected chi connectivity index (χ3v) is 5.43. The zero-order valence-electron chi connectivity index (χ0n) is 18.6. The van der Waals surface area contributed by atoms with Crippen LogP contribution in [-0.4, -0.2) is 24.7 Å². The zero-order valence-corrected chi connectivity index (χ0v) is 20.1. The first-order valence-corrected chi connectivity index (χ1v) is 11.5. The molecule has 0 unspecified atom stereocenters. The normalized spacial score (nSPS) is 10.7. The molecule has 0 spiro atoms. The molecule has 0 saturated heterocycles. The molecule has 0 aliphatic carbocycles. The van der Waals surface area contributed by atoms with E-state index in [1.54, 1.807) is 48.5 Å². The van der Waals surface area contributed by atoms with E-state index in [0.29, 0.717) is 17.1 Å². The summed E-state index contributed by atoms with van der Waals surface area (Å²) in [6.07, 6.45) is 1.49. The number of amides is 1. The number of hydrazone groups is 1. The monoisotopic (exact) mass is 528 g/mol. The van der Waals surface area contributed by atoms with Crippen molar-refractivity contribution in [3.8, 4) is 22.6 Å². The number of hydrogen-bond acceptors (Lipinski definition) is 5. The predicted octanol–water partition coefficient (Wildman–Crippen LogP) is 5.86. The minimum Gasteiger partial charge on any atom is -0.484 e. The predicted molar refractivity (Wildman–Crippen MR) is 139 cm³/mol. The highest BCUT2D eigenvalue weighted by atomic mass is 79.9. The Balaban J connectivity index is 1.22. The van der Waals surface area contributed by atoms with Gasteiger partial charge in [-0.25, -0.2) is 10.2 Å². The molecule has 0 heterocycles. The number of rotatable bonds is 8. The van der Waals surface area contributed by atoms with Gasteiger partial charge in [0.05, 0.1) is 11.8 Å². The Morgan fingerprint density at radius 1 is 0.771 bits per heavy atom. The van der Waals surface area contributed by atoms with E-state index in [4.69, 9.17) is 9.47 Å². The van der Waals surface area contributed by atoms with Crippen LogP contribution in [-0.2, 0) is 4.79 Å². The van der Waals surface area contributed by atoms with E-state index in [9.17, 15) is 9.59 Å². The summed E-state index contributed by atoms with van der Waals surface area (Å²) in [6.45, 7) is -0.160. The van der Waals surface area contributed by atoms with Crippen LogP contribution >= 0.6 is 15.9 Å². The molecule has 4 rings (SSSR count). The summed E-state index contributed by atoms with van der Waals surface area (Å²) < 4.78 is 11.8. The molecular formula is C28H21BrN2O4. The lowest BCUT2D eigenvalue weighted by Crippen LogP contribution is -2.24. The first-order valence-electron chi connectivity index (χ1n) is 10.7. The van der Waals surface area contributed by atoms with Gasteiger partial charge in [-0.3, -0.25) is 4.79 Å². The van der Waals surface area contributed by atoms with Gasteiger partial charge < -0.3 is 9.47 Å². The van der Waals surface area contributed by atoms with Crippen molar-refractivity contribution in [2.45, 2.75) is 0 Å². The van der Waals surface area contributed by atoms with Crippen molar-refractivity contribution >= 4 is 34.0 Å². The Kier molecular flexibility index (Phi) is 8.04. The zero-order chi connectivity index (χ0) is 24.5. The second-order valence-corrected chi connectivity index (χ2v) is 8.35. The number of halogens is 1. The third kappa shape index (κ3) is 7.12. The minimum absolute atomic E-state index is 0.160. The van der Waals surface area contributed by atoms with Gasteiger partial charge in [0.1, 0.15) is 11.5 Å². The van der Waals surface area contributed by atoms with Gasteiger partial charge in [-0.05, 0) is 77.4 Å². The Hall–Kier alpha value is -4.23. The molecule has 35 heavy (non-hydrogen) atoms. The molecule has 4 aromatic carbocycles.